The van der Waals surface area contributed by atoms with Crippen LogP contribution in [0.15, 0.2) is 59.5 Å². The molecule has 11 heteroatoms. The third-order valence-corrected chi connectivity index (χ3v) is 6.02. The number of hydrogen-bond acceptors (Lipinski definition) is 5. The van der Waals surface area contributed by atoms with E-state index in [4.69, 9.17) is 21.1 Å². The Morgan fingerprint density at radius 3 is 2.16 bits per heavy atom. The summed E-state index contributed by atoms with van der Waals surface area (Å²) in [6, 6.07) is 11.4. The van der Waals surface area contributed by atoms with Crippen LogP contribution in [0.2, 0.25) is 5.02 Å². The van der Waals surface area contributed by atoms with Crippen LogP contribution in [-0.2, 0) is 10.0 Å². The van der Waals surface area contributed by atoms with Crippen LogP contribution in [0.3, 0.4) is 0 Å². The highest BCUT2D eigenvalue weighted by atomic mass is 35.5. The molecule has 1 amide bonds. The predicted octanol–water partition coefficient (Wildman–Crippen LogP) is 4.69. The van der Waals surface area contributed by atoms with Crippen molar-refractivity contribution in [3.63, 3.8) is 0 Å². The fraction of sp³-hybridized carbons (Fsp3) is 0.0952. The lowest BCUT2D eigenvalue weighted by atomic mass is 10.2. The van der Waals surface area contributed by atoms with E-state index in [-0.39, 0.29) is 32.6 Å². The highest BCUT2D eigenvalue weighted by Gasteiger charge is 2.22. The number of sulfonamides is 1. The highest BCUT2D eigenvalue weighted by molar-refractivity contribution is 7.92. The molecule has 0 atom stereocenters. The highest BCUT2D eigenvalue weighted by Crippen LogP contribution is 2.30. The number of halogens is 3. The van der Waals surface area contributed by atoms with Crippen LogP contribution >= 0.6 is 11.6 Å². The van der Waals surface area contributed by atoms with Crippen molar-refractivity contribution in [2.24, 2.45) is 0 Å². The van der Waals surface area contributed by atoms with Gasteiger partial charge in [0.25, 0.3) is 15.9 Å². The Bertz CT molecular complexity index is 1270. The van der Waals surface area contributed by atoms with E-state index >= 15 is 0 Å². The first-order chi connectivity index (χ1) is 15.1. The first kappa shape index (κ1) is 23.3. The number of amides is 1. The first-order valence-corrected chi connectivity index (χ1v) is 10.8. The summed E-state index contributed by atoms with van der Waals surface area (Å²) >= 11 is 5.82. The van der Waals surface area contributed by atoms with Crippen LogP contribution < -0.4 is 19.5 Å². The topological polar surface area (TPSA) is 93.7 Å². The van der Waals surface area contributed by atoms with Gasteiger partial charge in [-0.1, -0.05) is 11.6 Å². The van der Waals surface area contributed by atoms with Gasteiger partial charge in [0.15, 0.2) is 11.6 Å². The second-order valence-corrected chi connectivity index (χ2v) is 8.46. The van der Waals surface area contributed by atoms with Crippen LogP contribution in [0.1, 0.15) is 10.4 Å². The molecule has 168 valence electrons. The van der Waals surface area contributed by atoms with E-state index in [1.807, 2.05) is 0 Å². The Morgan fingerprint density at radius 1 is 0.906 bits per heavy atom. The number of benzene rings is 3. The van der Waals surface area contributed by atoms with Gasteiger partial charge in [-0.25, -0.2) is 17.2 Å². The molecule has 0 aliphatic rings. The van der Waals surface area contributed by atoms with Crippen molar-refractivity contribution in [3.05, 3.63) is 76.8 Å². The number of carbonyl (C=O) groups excluding carboxylic acids is 1. The number of methoxy groups -OCH3 is 2. The van der Waals surface area contributed by atoms with Crippen molar-refractivity contribution < 1.29 is 31.5 Å². The summed E-state index contributed by atoms with van der Waals surface area (Å²) in [5, 5.41) is 2.11. The molecule has 0 saturated carbocycles. The molecule has 0 heterocycles. The molecule has 0 bridgehead atoms. The molecule has 0 saturated heterocycles. The van der Waals surface area contributed by atoms with Gasteiger partial charge in [0.2, 0.25) is 0 Å². The van der Waals surface area contributed by atoms with Crippen molar-refractivity contribution in [2.75, 3.05) is 24.3 Å². The molecule has 3 aromatic rings. The minimum absolute atomic E-state index is 0.0230. The Morgan fingerprint density at radius 2 is 1.53 bits per heavy atom. The molecule has 0 aromatic heterocycles. The van der Waals surface area contributed by atoms with E-state index in [0.717, 1.165) is 6.07 Å². The summed E-state index contributed by atoms with van der Waals surface area (Å²) in [7, 11) is -1.35. The third kappa shape index (κ3) is 5.09. The minimum atomic E-state index is -4.12. The number of rotatable bonds is 7. The zero-order chi connectivity index (χ0) is 23.5. The lowest BCUT2D eigenvalue weighted by Crippen LogP contribution is -2.16. The second kappa shape index (κ2) is 9.41. The zero-order valence-corrected chi connectivity index (χ0v) is 18.4. The molecule has 0 aliphatic heterocycles. The van der Waals surface area contributed by atoms with E-state index in [0.29, 0.717) is 17.9 Å². The lowest BCUT2D eigenvalue weighted by molar-refractivity contribution is 0.102. The third-order valence-electron chi connectivity index (χ3n) is 4.31. The molecule has 2 N–H and O–H groups in total. The smallest absolute Gasteiger partial charge is 0.265 e. The number of hydrogen-bond donors (Lipinski definition) is 2. The summed E-state index contributed by atoms with van der Waals surface area (Å²) in [6.45, 7) is 0. The average molecular weight is 483 g/mol. The number of nitrogens with one attached hydrogen (secondary N) is 2. The maximum atomic E-state index is 13.5. The van der Waals surface area contributed by atoms with Crippen molar-refractivity contribution >= 4 is 38.9 Å². The summed E-state index contributed by atoms with van der Waals surface area (Å²) < 4.78 is 65.2. The largest absolute Gasteiger partial charge is 0.497 e. The SMILES string of the molecule is COc1ccc(NS(=O)(=O)c2cc(NC(=O)c3cc(F)c(F)cc3Cl)ccc2OC)cc1. The molecule has 0 unspecified atom stereocenters. The molecule has 0 radical (unpaired) electrons. The first-order valence-electron chi connectivity index (χ1n) is 8.95. The quantitative estimate of drug-likeness (QED) is 0.476. The van der Waals surface area contributed by atoms with E-state index in [1.54, 1.807) is 12.1 Å². The average Bonchev–Trinajstić information content (AvgIpc) is 2.76. The fourth-order valence-corrected chi connectivity index (χ4v) is 4.22. The molecule has 32 heavy (non-hydrogen) atoms. The van der Waals surface area contributed by atoms with Crippen LogP contribution in [0, 0.1) is 11.6 Å². The number of carbonyl (C=O) groups is 1. The van der Waals surface area contributed by atoms with E-state index in [1.165, 1.54) is 38.5 Å². The minimum Gasteiger partial charge on any atom is -0.497 e. The Balaban J connectivity index is 1.91. The molecule has 7 nitrogen and oxygen atoms in total. The van der Waals surface area contributed by atoms with E-state index < -0.39 is 27.6 Å². The number of ether oxygens (including phenoxy) is 2. The van der Waals surface area contributed by atoms with Crippen LogP contribution in [0.25, 0.3) is 0 Å². The Labute approximate surface area is 188 Å². The molecule has 0 spiro atoms. The van der Waals surface area contributed by atoms with Gasteiger partial charge in [-0.3, -0.25) is 9.52 Å². The van der Waals surface area contributed by atoms with E-state index in [2.05, 4.69) is 10.0 Å². The van der Waals surface area contributed by atoms with Crippen molar-refractivity contribution in [1.82, 2.24) is 0 Å². The predicted molar refractivity (Wildman–Crippen MR) is 116 cm³/mol. The van der Waals surface area contributed by atoms with Gasteiger partial charge in [0.05, 0.1) is 24.8 Å². The van der Waals surface area contributed by atoms with Gasteiger partial charge in [0, 0.05) is 11.4 Å². The van der Waals surface area contributed by atoms with Crippen LogP contribution in [0.4, 0.5) is 20.2 Å². The van der Waals surface area contributed by atoms with Gasteiger partial charge in [-0.05, 0) is 54.6 Å². The van der Waals surface area contributed by atoms with Gasteiger partial charge in [-0.15, -0.1) is 0 Å². The normalized spacial score (nSPS) is 11.0. The van der Waals surface area contributed by atoms with Crippen molar-refractivity contribution in [1.29, 1.82) is 0 Å². The maximum absolute atomic E-state index is 13.5. The molecule has 3 aromatic carbocycles. The molecule has 0 aliphatic carbocycles. The van der Waals surface area contributed by atoms with Crippen molar-refractivity contribution in [2.45, 2.75) is 4.90 Å². The molecule has 0 fully saturated rings. The summed E-state index contributed by atoms with van der Waals surface area (Å²) in [4.78, 5) is 12.2. The Hall–Kier alpha value is -3.37. The van der Waals surface area contributed by atoms with Gasteiger partial charge in [0.1, 0.15) is 16.4 Å². The van der Waals surface area contributed by atoms with Crippen LogP contribution in [-0.4, -0.2) is 28.5 Å². The van der Waals surface area contributed by atoms with Gasteiger partial charge >= 0.3 is 0 Å². The number of anilines is 2. The standard InChI is InChI=1S/C21H17ClF2N2O5S/c1-30-14-6-3-12(4-7-14)26-32(28,29)20-9-13(5-8-19(20)31-2)25-21(27)15-10-17(23)18(24)11-16(15)22/h3-11,26H,1-2H3,(H,25,27). The van der Waals surface area contributed by atoms with E-state index in [9.17, 15) is 22.0 Å². The summed E-state index contributed by atoms with van der Waals surface area (Å²) in [5.41, 5.74) is 0.0183. The Kier molecular flexibility index (Phi) is 6.85. The lowest BCUT2D eigenvalue weighted by Gasteiger charge is -2.14. The fourth-order valence-electron chi connectivity index (χ4n) is 2.73. The molecule has 3 rings (SSSR count). The van der Waals surface area contributed by atoms with Crippen molar-refractivity contribution in [3.8, 4) is 11.5 Å². The second-order valence-electron chi connectivity index (χ2n) is 6.40. The van der Waals surface area contributed by atoms with Gasteiger partial charge in [-0.2, -0.15) is 0 Å². The van der Waals surface area contributed by atoms with Gasteiger partial charge < -0.3 is 14.8 Å². The maximum Gasteiger partial charge on any atom is 0.265 e. The zero-order valence-electron chi connectivity index (χ0n) is 16.8. The molecular formula is C21H17ClF2N2O5S. The monoisotopic (exact) mass is 482 g/mol. The van der Waals surface area contributed by atoms with Crippen LogP contribution in [0.5, 0.6) is 11.5 Å². The summed E-state index contributed by atoms with van der Waals surface area (Å²) in [6.07, 6.45) is 0. The summed E-state index contributed by atoms with van der Waals surface area (Å²) in [5.74, 6) is -2.73. The molecular weight excluding hydrogens is 466 g/mol.